The number of halogens is 1. The molecule has 0 aliphatic carbocycles. The minimum atomic E-state index is 0.153. The van der Waals surface area contributed by atoms with Crippen molar-refractivity contribution in [1.82, 2.24) is 5.32 Å². The third-order valence-corrected chi connectivity index (χ3v) is 5.07. The van der Waals surface area contributed by atoms with Gasteiger partial charge in [0.15, 0.2) is 0 Å². The number of amides is 1. The van der Waals surface area contributed by atoms with Gasteiger partial charge in [-0.2, -0.15) is 11.8 Å². The molecule has 0 heterocycles. The van der Waals surface area contributed by atoms with Crippen LogP contribution in [0.4, 0.5) is 0 Å². The quantitative estimate of drug-likeness (QED) is 0.621. The number of ether oxygens (including phenoxy) is 1. The molecule has 0 radical (unpaired) electrons. The van der Waals surface area contributed by atoms with E-state index in [9.17, 15) is 4.79 Å². The predicted molar refractivity (Wildman–Crippen MR) is 106 cm³/mol. The summed E-state index contributed by atoms with van der Waals surface area (Å²) in [4.78, 5) is 10.5. The van der Waals surface area contributed by atoms with Crippen molar-refractivity contribution >= 4 is 29.8 Å². The van der Waals surface area contributed by atoms with Gasteiger partial charge in [-0.3, -0.25) is 4.79 Å². The van der Waals surface area contributed by atoms with Gasteiger partial charge in [-0.25, -0.2) is 0 Å². The highest BCUT2D eigenvalue weighted by Crippen LogP contribution is 2.21. The van der Waals surface area contributed by atoms with E-state index in [1.54, 1.807) is 11.8 Å². The summed E-state index contributed by atoms with van der Waals surface area (Å²) >= 11 is 7.65. The van der Waals surface area contributed by atoms with Gasteiger partial charge in [0.2, 0.25) is 6.41 Å². The van der Waals surface area contributed by atoms with Gasteiger partial charge in [-0.15, -0.1) is 0 Å². The number of nitrogens with one attached hydrogen (secondary N) is 1. The van der Waals surface area contributed by atoms with Crippen molar-refractivity contribution in [3.05, 3.63) is 77.0 Å². The number of hydrogen-bond donors (Lipinski definition) is 1. The Morgan fingerprint density at radius 2 is 2.04 bits per heavy atom. The highest BCUT2D eigenvalue weighted by molar-refractivity contribution is 7.99. The SMILES string of the molecule is C=C(NC=O)C(Cc1ccc(OCCc2cccc(Cl)c2)cc1)SC. The molecule has 5 heteroatoms. The Morgan fingerprint density at radius 3 is 2.68 bits per heavy atom. The number of rotatable bonds is 10. The summed E-state index contributed by atoms with van der Waals surface area (Å²) in [6.45, 7) is 4.51. The van der Waals surface area contributed by atoms with Crippen molar-refractivity contribution in [2.75, 3.05) is 12.9 Å². The molecule has 132 valence electrons. The maximum Gasteiger partial charge on any atom is 0.211 e. The Morgan fingerprint density at radius 1 is 1.28 bits per heavy atom. The summed E-state index contributed by atoms with van der Waals surface area (Å²) in [5.74, 6) is 0.844. The van der Waals surface area contributed by atoms with Crippen molar-refractivity contribution in [2.45, 2.75) is 18.1 Å². The minimum Gasteiger partial charge on any atom is -0.493 e. The van der Waals surface area contributed by atoms with Gasteiger partial charge >= 0.3 is 0 Å². The van der Waals surface area contributed by atoms with Crippen molar-refractivity contribution in [1.29, 1.82) is 0 Å². The van der Waals surface area contributed by atoms with Crippen LogP contribution in [0.15, 0.2) is 60.8 Å². The van der Waals surface area contributed by atoms with Crippen molar-refractivity contribution in [3.63, 3.8) is 0 Å². The van der Waals surface area contributed by atoms with Gasteiger partial charge in [-0.05, 0) is 48.1 Å². The number of carbonyl (C=O) groups excluding carboxylic acids is 1. The lowest BCUT2D eigenvalue weighted by molar-refractivity contribution is -0.108. The lowest BCUT2D eigenvalue weighted by Gasteiger charge is -2.16. The zero-order valence-electron chi connectivity index (χ0n) is 14.2. The molecular formula is C20H22ClNO2S. The molecule has 1 amide bonds. The van der Waals surface area contributed by atoms with Crippen LogP contribution in [-0.2, 0) is 17.6 Å². The van der Waals surface area contributed by atoms with E-state index < -0.39 is 0 Å². The van der Waals surface area contributed by atoms with E-state index in [0.717, 1.165) is 34.9 Å². The highest BCUT2D eigenvalue weighted by atomic mass is 35.5. The molecule has 0 aliphatic rings. The van der Waals surface area contributed by atoms with Crippen LogP contribution in [0.2, 0.25) is 5.02 Å². The predicted octanol–water partition coefficient (Wildman–Crippen LogP) is 4.50. The average Bonchev–Trinajstić information content (AvgIpc) is 2.61. The second-order valence-electron chi connectivity index (χ2n) is 5.59. The first-order chi connectivity index (χ1) is 12.1. The van der Waals surface area contributed by atoms with E-state index >= 15 is 0 Å². The van der Waals surface area contributed by atoms with Crippen LogP contribution >= 0.6 is 23.4 Å². The average molecular weight is 376 g/mol. The van der Waals surface area contributed by atoms with Crippen molar-refractivity contribution < 1.29 is 9.53 Å². The Kier molecular flexibility index (Phi) is 7.89. The second-order valence-corrected chi connectivity index (χ2v) is 7.07. The molecule has 0 aromatic heterocycles. The molecule has 0 saturated carbocycles. The van der Waals surface area contributed by atoms with Crippen molar-refractivity contribution in [3.8, 4) is 5.75 Å². The topological polar surface area (TPSA) is 38.3 Å². The molecule has 2 rings (SSSR count). The lowest BCUT2D eigenvalue weighted by Crippen LogP contribution is -2.21. The first-order valence-electron chi connectivity index (χ1n) is 8.00. The van der Waals surface area contributed by atoms with Gasteiger partial charge < -0.3 is 10.1 Å². The van der Waals surface area contributed by atoms with Crippen LogP contribution in [0, 0.1) is 0 Å². The fourth-order valence-corrected chi connectivity index (χ4v) is 3.36. The molecule has 3 nitrogen and oxygen atoms in total. The monoisotopic (exact) mass is 375 g/mol. The summed E-state index contributed by atoms with van der Waals surface area (Å²) in [6, 6.07) is 15.9. The number of hydrogen-bond acceptors (Lipinski definition) is 3. The Bertz CT molecular complexity index is 703. The van der Waals surface area contributed by atoms with Gasteiger partial charge in [0.25, 0.3) is 0 Å². The Labute approximate surface area is 158 Å². The summed E-state index contributed by atoms with van der Waals surface area (Å²) in [6.07, 6.45) is 4.30. The van der Waals surface area contributed by atoms with E-state index in [0.29, 0.717) is 13.0 Å². The molecule has 0 bridgehead atoms. The number of benzene rings is 2. The third-order valence-electron chi connectivity index (χ3n) is 3.81. The Balaban J connectivity index is 1.84. The molecule has 2 aromatic rings. The highest BCUT2D eigenvalue weighted by Gasteiger charge is 2.12. The van der Waals surface area contributed by atoms with E-state index in [1.807, 2.05) is 54.8 Å². The smallest absolute Gasteiger partial charge is 0.211 e. The summed E-state index contributed by atoms with van der Waals surface area (Å²) in [5, 5.41) is 3.54. The maximum absolute atomic E-state index is 10.5. The molecule has 2 aromatic carbocycles. The van der Waals surface area contributed by atoms with E-state index in [2.05, 4.69) is 11.9 Å². The van der Waals surface area contributed by atoms with Gasteiger partial charge in [0, 0.05) is 22.4 Å². The molecule has 0 aliphatic heterocycles. The Hall–Kier alpha value is -1.91. The van der Waals surface area contributed by atoms with Gasteiger partial charge in [0.05, 0.1) is 6.61 Å². The van der Waals surface area contributed by atoms with Gasteiger partial charge in [-0.1, -0.05) is 42.4 Å². The first kappa shape index (κ1) is 19.4. The van der Waals surface area contributed by atoms with E-state index in [-0.39, 0.29) is 5.25 Å². The fraction of sp³-hybridized carbons (Fsp3) is 0.250. The minimum absolute atomic E-state index is 0.153. The first-order valence-corrected chi connectivity index (χ1v) is 9.67. The van der Waals surface area contributed by atoms with Gasteiger partial charge in [0.1, 0.15) is 5.75 Å². The second kappa shape index (κ2) is 10.2. The molecule has 0 saturated heterocycles. The molecule has 0 fully saturated rings. The number of thioether (sulfide) groups is 1. The molecular weight excluding hydrogens is 354 g/mol. The molecule has 0 spiro atoms. The normalized spacial score (nSPS) is 11.6. The molecule has 1 atom stereocenters. The molecule has 1 unspecified atom stereocenters. The van der Waals surface area contributed by atoms with Crippen molar-refractivity contribution in [2.24, 2.45) is 0 Å². The van der Waals surface area contributed by atoms with Crippen LogP contribution in [0.3, 0.4) is 0 Å². The lowest BCUT2D eigenvalue weighted by atomic mass is 10.1. The van der Waals surface area contributed by atoms with Crippen LogP contribution in [-0.4, -0.2) is 24.5 Å². The maximum atomic E-state index is 10.5. The fourth-order valence-electron chi connectivity index (χ4n) is 2.43. The third kappa shape index (κ3) is 6.48. The van der Waals surface area contributed by atoms with Crippen LogP contribution in [0.5, 0.6) is 5.75 Å². The molecule has 1 N–H and O–H groups in total. The number of carbonyl (C=O) groups is 1. The zero-order valence-corrected chi connectivity index (χ0v) is 15.8. The zero-order chi connectivity index (χ0) is 18.1. The summed E-state index contributed by atoms with van der Waals surface area (Å²) < 4.78 is 5.80. The van der Waals surface area contributed by atoms with Crippen LogP contribution in [0.1, 0.15) is 11.1 Å². The largest absolute Gasteiger partial charge is 0.493 e. The van der Waals surface area contributed by atoms with E-state index in [4.69, 9.17) is 16.3 Å². The standard InChI is InChI=1S/C20H22ClNO2S/c1-15(22-14-23)20(25-2)13-17-6-8-19(9-7-17)24-11-10-16-4-3-5-18(21)12-16/h3-9,12,14,20H,1,10-11,13H2,2H3,(H,22,23). The van der Waals surface area contributed by atoms with Crippen LogP contribution in [0.25, 0.3) is 0 Å². The molecule has 25 heavy (non-hydrogen) atoms. The van der Waals surface area contributed by atoms with Crippen LogP contribution < -0.4 is 10.1 Å². The summed E-state index contributed by atoms with van der Waals surface area (Å²) in [5.41, 5.74) is 3.06. The summed E-state index contributed by atoms with van der Waals surface area (Å²) in [7, 11) is 0. The van der Waals surface area contributed by atoms with E-state index in [1.165, 1.54) is 5.56 Å².